The van der Waals surface area contributed by atoms with Gasteiger partial charge in [0.15, 0.2) is 15.8 Å². The molecule has 5 nitrogen and oxygen atoms in total. The van der Waals surface area contributed by atoms with Gasteiger partial charge < -0.3 is 11.1 Å². The number of hydrogen-bond acceptors (Lipinski definition) is 3. The van der Waals surface area contributed by atoms with Crippen molar-refractivity contribution in [3.05, 3.63) is 59.7 Å². The van der Waals surface area contributed by atoms with E-state index < -0.39 is 9.84 Å². The molecule has 2 aromatic rings. The van der Waals surface area contributed by atoms with Crippen molar-refractivity contribution in [2.75, 3.05) is 17.6 Å². The Kier molecular flexibility index (Phi) is 5.39. The summed E-state index contributed by atoms with van der Waals surface area (Å²) in [5.74, 6) is 0.128. The van der Waals surface area contributed by atoms with Crippen molar-refractivity contribution in [3.8, 4) is 0 Å². The maximum atomic E-state index is 12.1. The summed E-state index contributed by atoms with van der Waals surface area (Å²) in [7, 11) is -3.33. The van der Waals surface area contributed by atoms with Crippen molar-refractivity contribution in [2.24, 2.45) is 10.7 Å². The maximum absolute atomic E-state index is 12.1. The molecule has 0 aromatic heterocycles. The van der Waals surface area contributed by atoms with E-state index in [1.165, 1.54) is 5.56 Å². The molecule has 2 aromatic carbocycles. The van der Waals surface area contributed by atoms with Gasteiger partial charge in [0.05, 0.1) is 17.2 Å². The summed E-state index contributed by atoms with van der Waals surface area (Å²) in [4.78, 5) is 4.39. The van der Waals surface area contributed by atoms with E-state index in [1.54, 1.807) is 30.3 Å². The van der Waals surface area contributed by atoms with Crippen LogP contribution in [0, 0.1) is 13.8 Å². The van der Waals surface area contributed by atoms with Crippen molar-refractivity contribution < 1.29 is 8.42 Å². The van der Waals surface area contributed by atoms with E-state index in [9.17, 15) is 8.42 Å². The number of guanidine groups is 1. The number of nitrogens with one attached hydrogen (secondary N) is 1. The summed E-state index contributed by atoms with van der Waals surface area (Å²) >= 11 is 0. The molecular weight excluding hydrogens is 310 g/mol. The van der Waals surface area contributed by atoms with E-state index >= 15 is 0 Å². The van der Waals surface area contributed by atoms with E-state index in [2.05, 4.69) is 10.3 Å². The minimum Gasteiger partial charge on any atom is -0.370 e. The summed E-state index contributed by atoms with van der Waals surface area (Å²) in [5.41, 5.74) is 8.98. The van der Waals surface area contributed by atoms with E-state index in [4.69, 9.17) is 5.73 Å². The Balaban J connectivity index is 1.96. The predicted octanol–water partition coefficient (Wildman–Crippen LogP) is 2.50. The Morgan fingerprint density at radius 1 is 1.09 bits per heavy atom. The lowest BCUT2D eigenvalue weighted by atomic mass is 10.1. The van der Waals surface area contributed by atoms with E-state index in [0.717, 1.165) is 11.3 Å². The maximum Gasteiger partial charge on any atom is 0.193 e. The van der Waals surface area contributed by atoms with Gasteiger partial charge in [-0.15, -0.1) is 0 Å². The predicted molar refractivity (Wildman–Crippen MR) is 94.5 cm³/mol. The van der Waals surface area contributed by atoms with Crippen molar-refractivity contribution in [3.63, 3.8) is 0 Å². The van der Waals surface area contributed by atoms with Crippen molar-refractivity contribution in [1.29, 1.82) is 0 Å². The molecule has 0 aliphatic heterocycles. The average Bonchev–Trinajstić information content (AvgIpc) is 2.52. The van der Waals surface area contributed by atoms with Gasteiger partial charge in [0.1, 0.15) is 0 Å². The third-order valence-corrected chi connectivity index (χ3v) is 5.23. The second-order valence-electron chi connectivity index (χ2n) is 5.32. The van der Waals surface area contributed by atoms with Crippen LogP contribution in [0.1, 0.15) is 11.1 Å². The van der Waals surface area contributed by atoms with Crippen LogP contribution < -0.4 is 11.1 Å². The highest BCUT2D eigenvalue weighted by molar-refractivity contribution is 7.91. The summed E-state index contributed by atoms with van der Waals surface area (Å²) in [5, 5.41) is 2.97. The highest BCUT2D eigenvalue weighted by Gasteiger charge is 2.12. The van der Waals surface area contributed by atoms with E-state index in [0.29, 0.717) is 4.90 Å². The van der Waals surface area contributed by atoms with Crippen LogP contribution in [0.4, 0.5) is 5.69 Å². The van der Waals surface area contributed by atoms with Crippen LogP contribution in [-0.2, 0) is 9.84 Å². The molecule has 0 radical (unpaired) electrons. The second kappa shape index (κ2) is 7.28. The number of aliphatic imine (C=N–C) groups is 1. The van der Waals surface area contributed by atoms with Gasteiger partial charge in [-0.25, -0.2) is 8.42 Å². The van der Waals surface area contributed by atoms with Gasteiger partial charge in [-0.2, -0.15) is 0 Å². The summed E-state index contributed by atoms with van der Waals surface area (Å²) < 4.78 is 24.2. The van der Waals surface area contributed by atoms with Crippen LogP contribution in [-0.4, -0.2) is 26.7 Å². The van der Waals surface area contributed by atoms with Crippen LogP contribution in [0.2, 0.25) is 0 Å². The minimum atomic E-state index is -3.33. The van der Waals surface area contributed by atoms with Gasteiger partial charge in [0.2, 0.25) is 0 Å². The molecule has 0 heterocycles. The molecule has 0 aliphatic carbocycles. The Morgan fingerprint density at radius 2 is 1.78 bits per heavy atom. The quantitative estimate of drug-likeness (QED) is 0.651. The molecule has 6 heteroatoms. The summed E-state index contributed by atoms with van der Waals surface area (Å²) in [6, 6.07) is 14.2. The molecule has 23 heavy (non-hydrogen) atoms. The van der Waals surface area contributed by atoms with Gasteiger partial charge in [-0.1, -0.05) is 24.3 Å². The lowest BCUT2D eigenvalue weighted by molar-refractivity contribution is 0.596. The molecule has 0 spiro atoms. The van der Waals surface area contributed by atoms with Crippen LogP contribution in [0.15, 0.2) is 58.4 Å². The fraction of sp³-hybridized carbons (Fsp3) is 0.235. The normalized spacial score (nSPS) is 12.2. The number of nitrogens with zero attached hydrogens (tertiary/aromatic N) is 1. The SMILES string of the molecule is Cc1ccc(NC(N)=NCCS(=O)(=O)c2ccccc2)cc1C. The lowest BCUT2D eigenvalue weighted by Crippen LogP contribution is -2.24. The lowest BCUT2D eigenvalue weighted by Gasteiger charge is -2.08. The Morgan fingerprint density at radius 3 is 2.43 bits per heavy atom. The number of hydrogen-bond donors (Lipinski definition) is 2. The fourth-order valence-corrected chi connectivity index (χ4v) is 3.18. The fourth-order valence-electron chi connectivity index (χ4n) is 2.04. The number of sulfone groups is 1. The minimum absolute atomic E-state index is 0.0771. The third kappa shape index (κ3) is 4.82. The van der Waals surface area contributed by atoms with Gasteiger partial charge >= 0.3 is 0 Å². The van der Waals surface area contributed by atoms with Crippen molar-refractivity contribution in [2.45, 2.75) is 18.7 Å². The van der Waals surface area contributed by atoms with Crippen LogP contribution in [0.25, 0.3) is 0 Å². The zero-order chi connectivity index (χ0) is 16.9. The molecule has 0 atom stereocenters. The molecule has 2 rings (SSSR count). The Labute approximate surface area is 137 Å². The van der Waals surface area contributed by atoms with Gasteiger partial charge in [0.25, 0.3) is 0 Å². The van der Waals surface area contributed by atoms with Crippen molar-refractivity contribution >= 4 is 21.5 Å². The molecule has 0 bridgehead atoms. The van der Waals surface area contributed by atoms with Crippen LogP contribution >= 0.6 is 0 Å². The average molecular weight is 331 g/mol. The molecule has 0 saturated carbocycles. The number of nitrogens with two attached hydrogens (primary N) is 1. The first-order valence-electron chi connectivity index (χ1n) is 7.30. The van der Waals surface area contributed by atoms with E-state index in [1.807, 2.05) is 32.0 Å². The largest absolute Gasteiger partial charge is 0.370 e. The Bertz CT molecular complexity index is 800. The monoisotopic (exact) mass is 331 g/mol. The second-order valence-corrected chi connectivity index (χ2v) is 7.43. The smallest absolute Gasteiger partial charge is 0.193 e. The van der Waals surface area contributed by atoms with Crippen LogP contribution in [0.5, 0.6) is 0 Å². The summed E-state index contributed by atoms with van der Waals surface area (Å²) in [6.45, 7) is 4.16. The molecular formula is C17H21N3O2S. The van der Waals surface area contributed by atoms with Gasteiger partial charge in [-0.3, -0.25) is 4.99 Å². The summed E-state index contributed by atoms with van der Waals surface area (Å²) in [6.07, 6.45) is 0. The molecule has 122 valence electrons. The molecule has 0 fully saturated rings. The number of aryl methyl sites for hydroxylation is 2. The first-order valence-corrected chi connectivity index (χ1v) is 8.96. The first-order chi connectivity index (χ1) is 10.9. The number of benzene rings is 2. The zero-order valence-corrected chi connectivity index (χ0v) is 14.1. The number of rotatable bonds is 5. The first kappa shape index (κ1) is 17.0. The molecule has 0 saturated heterocycles. The zero-order valence-electron chi connectivity index (χ0n) is 13.3. The highest BCUT2D eigenvalue weighted by atomic mass is 32.2. The van der Waals surface area contributed by atoms with Gasteiger partial charge in [0, 0.05) is 5.69 Å². The molecule has 0 aliphatic rings. The Hall–Kier alpha value is -2.34. The van der Waals surface area contributed by atoms with Gasteiger partial charge in [-0.05, 0) is 49.2 Å². The third-order valence-electron chi connectivity index (χ3n) is 3.52. The molecule has 0 amide bonds. The van der Waals surface area contributed by atoms with E-state index in [-0.39, 0.29) is 18.3 Å². The van der Waals surface area contributed by atoms with Crippen LogP contribution in [0.3, 0.4) is 0 Å². The number of anilines is 1. The molecule has 0 unspecified atom stereocenters. The molecule has 3 N–H and O–H groups in total. The highest BCUT2D eigenvalue weighted by Crippen LogP contribution is 2.14. The standard InChI is InChI=1S/C17H21N3O2S/c1-13-8-9-15(12-14(13)2)20-17(18)19-10-11-23(21,22)16-6-4-3-5-7-16/h3-9,12H,10-11H2,1-2H3,(H3,18,19,20). The topological polar surface area (TPSA) is 84.5 Å². The van der Waals surface area contributed by atoms with Crippen molar-refractivity contribution in [1.82, 2.24) is 0 Å².